The fourth-order valence-electron chi connectivity index (χ4n) is 1.55. The molecule has 106 valence electrons. The predicted octanol–water partition coefficient (Wildman–Crippen LogP) is 2.26. The molecule has 0 atom stereocenters. The number of rotatable bonds is 3. The summed E-state index contributed by atoms with van der Waals surface area (Å²) in [6.07, 6.45) is 1.47. The van der Waals surface area contributed by atoms with Crippen molar-refractivity contribution in [2.75, 3.05) is 11.1 Å². The Morgan fingerprint density at radius 2 is 2.10 bits per heavy atom. The lowest BCUT2D eigenvalue weighted by Gasteiger charge is -2.14. The molecule has 2 aromatic heterocycles. The third-order valence-electron chi connectivity index (χ3n) is 2.67. The number of hydrogen-bond acceptors (Lipinski definition) is 6. The van der Waals surface area contributed by atoms with Crippen LogP contribution in [0.2, 0.25) is 0 Å². The largest absolute Gasteiger partial charge is 0.397 e. The highest BCUT2D eigenvalue weighted by Crippen LogP contribution is 2.28. The third-order valence-corrected chi connectivity index (χ3v) is 3.43. The SMILES string of the molecule is CC(C)(C)c1csc(Nc2ncc(N)cc2C(N)=O)n1. The van der Waals surface area contributed by atoms with E-state index in [1.807, 2.05) is 5.38 Å². The molecule has 0 aliphatic carbocycles. The van der Waals surface area contributed by atoms with E-state index in [1.165, 1.54) is 23.6 Å². The summed E-state index contributed by atoms with van der Waals surface area (Å²) in [4.78, 5) is 20.0. The van der Waals surface area contributed by atoms with Gasteiger partial charge < -0.3 is 16.8 Å². The van der Waals surface area contributed by atoms with Gasteiger partial charge in [-0.15, -0.1) is 11.3 Å². The maximum absolute atomic E-state index is 11.4. The number of hydrogen-bond donors (Lipinski definition) is 3. The Morgan fingerprint density at radius 1 is 1.40 bits per heavy atom. The van der Waals surface area contributed by atoms with Gasteiger partial charge in [0.15, 0.2) is 5.13 Å². The minimum atomic E-state index is -0.583. The summed E-state index contributed by atoms with van der Waals surface area (Å²) in [5.41, 5.74) is 12.5. The van der Waals surface area contributed by atoms with Gasteiger partial charge in [-0.25, -0.2) is 9.97 Å². The molecule has 0 spiro atoms. The molecule has 2 heterocycles. The first-order valence-electron chi connectivity index (χ1n) is 6.06. The lowest BCUT2D eigenvalue weighted by atomic mass is 9.93. The first-order valence-corrected chi connectivity index (χ1v) is 6.93. The van der Waals surface area contributed by atoms with Crippen LogP contribution < -0.4 is 16.8 Å². The van der Waals surface area contributed by atoms with Gasteiger partial charge in [0, 0.05) is 10.8 Å². The van der Waals surface area contributed by atoms with Crippen LogP contribution in [0, 0.1) is 0 Å². The molecule has 20 heavy (non-hydrogen) atoms. The van der Waals surface area contributed by atoms with Crippen LogP contribution >= 0.6 is 11.3 Å². The second kappa shape index (κ2) is 5.09. The Balaban J connectivity index is 2.31. The van der Waals surface area contributed by atoms with Crippen LogP contribution in [0.5, 0.6) is 0 Å². The smallest absolute Gasteiger partial charge is 0.252 e. The van der Waals surface area contributed by atoms with E-state index in [9.17, 15) is 4.79 Å². The molecule has 0 unspecified atom stereocenters. The molecule has 1 amide bonds. The van der Waals surface area contributed by atoms with E-state index in [1.54, 1.807) is 0 Å². The second-order valence-electron chi connectivity index (χ2n) is 5.44. The molecule has 5 N–H and O–H groups in total. The molecule has 2 rings (SSSR count). The van der Waals surface area contributed by atoms with E-state index >= 15 is 0 Å². The van der Waals surface area contributed by atoms with Crippen molar-refractivity contribution in [3.05, 3.63) is 28.9 Å². The van der Waals surface area contributed by atoms with Gasteiger partial charge in [-0.05, 0) is 6.07 Å². The zero-order valence-corrected chi connectivity index (χ0v) is 12.4. The summed E-state index contributed by atoms with van der Waals surface area (Å²) in [5.74, 6) is -0.221. The fraction of sp³-hybridized carbons (Fsp3) is 0.308. The van der Waals surface area contributed by atoms with Crippen molar-refractivity contribution in [1.29, 1.82) is 0 Å². The van der Waals surface area contributed by atoms with Gasteiger partial charge in [0.2, 0.25) is 0 Å². The summed E-state index contributed by atoms with van der Waals surface area (Å²) in [7, 11) is 0. The molecule has 0 aromatic carbocycles. The quantitative estimate of drug-likeness (QED) is 0.804. The molecular weight excluding hydrogens is 274 g/mol. The summed E-state index contributed by atoms with van der Waals surface area (Å²) in [6, 6.07) is 1.50. The summed E-state index contributed by atoms with van der Waals surface area (Å²) in [6.45, 7) is 6.26. The Hall–Kier alpha value is -2.15. The molecule has 6 nitrogen and oxygen atoms in total. The Kier molecular flexibility index (Phi) is 3.63. The van der Waals surface area contributed by atoms with Crippen molar-refractivity contribution in [2.24, 2.45) is 5.73 Å². The van der Waals surface area contributed by atoms with Gasteiger partial charge in [-0.3, -0.25) is 4.79 Å². The van der Waals surface area contributed by atoms with Crippen LogP contribution in [0.25, 0.3) is 0 Å². The summed E-state index contributed by atoms with van der Waals surface area (Å²) < 4.78 is 0. The molecule has 0 bridgehead atoms. The maximum atomic E-state index is 11.4. The molecular formula is C13H17N5OS. The van der Waals surface area contributed by atoms with Crippen molar-refractivity contribution in [3.8, 4) is 0 Å². The standard InChI is InChI=1S/C13H17N5OS/c1-13(2,3)9-6-20-12(17-9)18-11-8(10(15)19)4-7(14)5-16-11/h4-6H,14H2,1-3H3,(H2,15,19)(H,16,17,18). The Morgan fingerprint density at radius 3 is 2.65 bits per heavy atom. The topological polar surface area (TPSA) is 107 Å². The average Bonchev–Trinajstić information content (AvgIpc) is 2.79. The first kappa shape index (κ1) is 14.3. The number of nitrogens with two attached hydrogens (primary N) is 2. The van der Waals surface area contributed by atoms with Crippen LogP contribution in [0.15, 0.2) is 17.6 Å². The lowest BCUT2D eigenvalue weighted by molar-refractivity contribution is 0.100. The molecule has 2 aromatic rings. The van der Waals surface area contributed by atoms with Crippen molar-refractivity contribution in [1.82, 2.24) is 9.97 Å². The average molecular weight is 291 g/mol. The fourth-order valence-corrected chi connectivity index (χ4v) is 2.48. The van der Waals surface area contributed by atoms with E-state index in [4.69, 9.17) is 11.5 Å². The van der Waals surface area contributed by atoms with Crippen molar-refractivity contribution >= 4 is 33.9 Å². The minimum absolute atomic E-state index is 0.0303. The first-order chi connectivity index (χ1) is 9.27. The predicted molar refractivity (Wildman–Crippen MR) is 81.3 cm³/mol. The summed E-state index contributed by atoms with van der Waals surface area (Å²) in [5, 5.41) is 5.65. The Labute approximate surface area is 121 Å². The number of pyridine rings is 1. The monoisotopic (exact) mass is 291 g/mol. The van der Waals surface area contributed by atoms with E-state index in [2.05, 4.69) is 36.1 Å². The molecule has 0 radical (unpaired) electrons. The number of primary amides is 1. The molecule has 0 saturated heterocycles. The van der Waals surface area contributed by atoms with Crippen LogP contribution in [0.1, 0.15) is 36.8 Å². The summed E-state index contributed by atoms with van der Waals surface area (Å²) >= 11 is 1.45. The number of thiazole rings is 1. The Bertz CT molecular complexity index is 644. The van der Waals surface area contributed by atoms with E-state index < -0.39 is 5.91 Å². The lowest BCUT2D eigenvalue weighted by Crippen LogP contribution is -2.15. The molecule has 0 saturated carbocycles. The zero-order valence-electron chi connectivity index (χ0n) is 11.6. The number of aromatic nitrogens is 2. The van der Waals surface area contributed by atoms with Gasteiger partial charge in [0.1, 0.15) is 5.82 Å². The van der Waals surface area contributed by atoms with E-state index in [0.29, 0.717) is 16.6 Å². The number of nitrogen functional groups attached to an aromatic ring is 1. The number of anilines is 3. The van der Waals surface area contributed by atoms with Crippen LogP contribution in [-0.4, -0.2) is 15.9 Å². The van der Waals surface area contributed by atoms with E-state index in [-0.39, 0.29) is 11.0 Å². The van der Waals surface area contributed by atoms with Gasteiger partial charge >= 0.3 is 0 Å². The normalized spacial score (nSPS) is 11.3. The van der Waals surface area contributed by atoms with Crippen LogP contribution in [-0.2, 0) is 5.41 Å². The van der Waals surface area contributed by atoms with Crippen molar-refractivity contribution in [2.45, 2.75) is 26.2 Å². The van der Waals surface area contributed by atoms with Crippen LogP contribution in [0.3, 0.4) is 0 Å². The maximum Gasteiger partial charge on any atom is 0.252 e. The number of nitrogens with zero attached hydrogens (tertiary/aromatic N) is 2. The molecule has 7 heteroatoms. The van der Waals surface area contributed by atoms with Gasteiger partial charge in [-0.1, -0.05) is 20.8 Å². The van der Waals surface area contributed by atoms with Gasteiger partial charge in [0.05, 0.1) is 23.1 Å². The highest BCUT2D eigenvalue weighted by Gasteiger charge is 2.18. The number of amides is 1. The highest BCUT2D eigenvalue weighted by molar-refractivity contribution is 7.13. The van der Waals surface area contributed by atoms with Crippen molar-refractivity contribution in [3.63, 3.8) is 0 Å². The zero-order chi connectivity index (χ0) is 14.9. The van der Waals surface area contributed by atoms with Crippen LogP contribution in [0.4, 0.5) is 16.6 Å². The molecule has 0 aliphatic rings. The van der Waals surface area contributed by atoms with Gasteiger partial charge in [0.25, 0.3) is 5.91 Å². The highest BCUT2D eigenvalue weighted by atomic mass is 32.1. The second-order valence-corrected chi connectivity index (χ2v) is 6.30. The third kappa shape index (κ3) is 3.05. The van der Waals surface area contributed by atoms with Crippen molar-refractivity contribution < 1.29 is 4.79 Å². The molecule has 0 fully saturated rings. The molecule has 0 aliphatic heterocycles. The van der Waals surface area contributed by atoms with Gasteiger partial charge in [-0.2, -0.15) is 0 Å². The number of nitrogens with one attached hydrogen (secondary N) is 1. The van der Waals surface area contributed by atoms with E-state index in [0.717, 1.165) is 5.69 Å². The number of carbonyl (C=O) groups excluding carboxylic acids is 1. The number of carbonyl (C=O) groups is 1. The minimum Gasteiger partial charge on any atom is -0.397 e.